The Bertz CT molecular complexity index is 390. The predicted molar refractivity (Wildman–Crippen MR) is 57.6 cm³/mol. The summed E-state index contributed by atoms with van der Waals surface area (Å²) in [6.45, 7) is 1.03. The lowest BCUT2D eigenvalue weighted by molar-refractivity contribution is 1.06. The Morgan fingerprint density at radius 1 is 1.38 bits per heavy atom. The zero-order valence-corrected chi connectivity index (χ0v) is 8.54. The van der Waals surface area contributed by atoms with Crippen LogP contribution < -0.4 is 5.32 Å². The molecule has 1 aliphatic rings. The maximum atomic E-state index is 4.42. The molecular formula is C9H8N2S2. The van der Waals surface area contributed by atoms with Crippen molar-refractivity contribution in [3.63, 3.8) is 0 Å². The van der Waals surface area contributed by atoms with E-state index in [1.165, 1.54) is 21.1 Å². The number of thiazole rings is 1. The highest BCUT2D eigenvalue weighted by atomic mass is 32.1. The van der Waals surface area contributed by atoms with E-state index in [9.17, 15) is 0 Å². The zero-order chi connectivity index (χ0) is 8.67. The molecule has 0 bridgehead atoms. The second kappa shape index (κ2) is 2.82. The molecule has 4 heteroatoms. The van der Waals surface area contributed by atoms with Gasteiger partial charge >= 0.3 is 0 Å². The van der Waals surface area contributed by atoms with Crippen LogP contribution in [0.5, 0.6) is 0 Å². The molecule has 1 N–H and O–H groups in total. The van der Waals surface area contributed by atoms with Crippen molar-refractivity contribution in [1.29, 1.82) is 0 Å². The summed E-state index contributed by atoms with van der Waals surface area (Å²) in [5.41, 5.74) is 4.38. The molecule has 2 aromatic heterocycles. The number of anilines is 1. The van der Waals surface area contributed by atoms with Gasteiger partial charge in [-0.25, -0.2) is 4.98 Å². The van der Waals surface area contributed by atoms with Crippen LogP contribution in [0.1, 0.15) is 4.88 Å². The topological polar surface area (TPSA) is 24.9 Å². The maximum absolute atomic E-state index is 4.42. The first-order chi connectivity index (χ1) is 6.45. The highest BCUT2D eigenvalue weighted by Gasteiger charge is 2.16. The number of thiophene rings is 1. The number of hydrogen-bond acceptors (Lipinski definition) is 4. The molecule has 13 heavy (non-hydrogen) atoms. The average molecular weight is 208 g/mol. The van der Waals surface area contributed by atoms with E-state index in [2.05, 4.69) is 21.7 Å². The minimum absolute atomic E-state index is 1.03. The lowest BCUT2D eigenvalue weighted by Gasteiger charge is -1.98. The highest BCUT2D eigenvalue weighted by Crippen LogP contribution is 2.38. The van der Waals surface area contributed by atoms with E-state index in [0.29, 0.717) is 0 Å². The summed E-state index contributed by atoms with van der Waals surface area (Å²) in [5, 5.41) is 5.53. The van der Waals surface area contributed by atoms with Gasteiger partial charge in [-0.3, -0.25) is 0 Å². The Balaban J connectivity index is 2.27. The Kier molecular flexibility index (Phi) is 1.63. The largest absolute Gasteiger partial charge is 0.383 e. The first-order valence-electron chi connectivity index (χ1n) is 4.19. The van der Waals surface area contributed by atoms with Crippen LogP contribution >= 0.6 is 22.7 Å². The molecule has 3 rings (SSSR count). The Morgan fingerprint density at radius 3 is 3.38 bits per heavy atom. The molecule has 0 amide bonds. The van der Waals surface area contributed by atoms with Gasteiger partial charge in [-0.15, -0.1) is 22.7 Å². The van der Waals surface area contributed by atoms with Crippen LogP contribution in [0.15, 0.2) is 17.0 Å². The van der Waals surface area contributed by atoms with Crippen LogP contribution in [0.3, 0.4) is 0 Å². The first-order valence-corrected chi connectivity index (χ1v) is 5.95. The van der Waals surface area contributed by atoms with Gasteiger partial charge in [0.25, 0.3) is 0 Å². The van der Waals surface area contributed by atoms with Crippen LogP contribution in [0.2, 0.25) is 0 Å². The standard InChI is InChI=1S/C9H8N2S2/c1-3-10-6-2-4-12-9(6)8-7(1)13-5-11-8/h2,4-5,10H,1,3H2. The van der Waals surface area contributed by atoms with Crippen molar-refractivity contribution < 1.29 is 0 Å². The molecule has 0 aromatic carbocycles. The van der Waals surface area contributed by atoms with Crippen LogP contribution in [-0.4, -0.2) is 11.5 Å². The minimum atomic E-state index is 1.03. The van der Waals surface area contributed by atoms with Crippen molar-refractivity contribution >= 4 is 28.4 Å². The Morgan fingerprint density at radius 2 is 2.38 bits per heavy atom. The normalized spacial score (nSPS) is 14.2. The summed E-state index contributed by atoms with van der Waals surface area (Å²) in [5.74, 6) is 0. The number of nitrogens with zero attached hydrogens (tertiary/aromatic N) is 1. The molecule has 0 spiro atoms. The summed E-state index contributed by atoms with van der Waals surface area (Å²) < 4.78 is 0. The molecule has 0 saturated heterocycles. The fraction of sp³-hybridized carbons (Fsp3) is 0.222. The monoisotopic (exact) mass is 208 g/mol. The van der Waals surface area contributed by atoms with Crippen molar-refractivity contribution in [3.8, 4) is 10.6 Å². The summed E-state index contributed by atoms with van der Waals surface area (Å²) in [6.07, 6.45) is 1.10. The molecule has 0 atom stereocenters. The molecule has 2 nitrogen and oxygen atoms in total. The lowest BCUT2D eigenvalue weighted by atomic mass is 10.3. The van der Waals surface area contributed by atoms with E-state index < -0.39 is 0 Å². The molecule has 3 heterocycles. The third-order valence-electron chi connectivity index (χ3n) is 2.19. The third kappa shape index (κ3) is 1.09. The molecule has 0 saturated carbocycles. The lowest BCUT2D eigenvalue weighted by Crippen LogP contribution is -2.00. The predicted octanol–water partition coefficient (Wildman–Crippen LogP) is 2.84. The Hall–Kier alpha value is -0.870. The number of hydrogen-bond donors (Lipinski definition) is 1. The second-order valence-corrected chi connectivity index (χ2v) is 4.82. The van der Waals surface area contributed by atoms with Crippen LogP contribution in [0.4, 0.5) is 5.69 Å². The van der Waals surface area contributed by atoms with Gasteiger partial charge in [0, 0.05) is 17.8 Å². The van der Waals surface area contributed by atoms with Gasteiger partial charge in [-0.1, -0.05) is 0 Å². The highest BCUT2D eigenvalue weighted by molar-refractivity contribution is 7.15. The molecule has 0 unspecified atom stereocenters. The average Bonchev–Trinajstić information content (AvgIpc) is 2.72. The Labute approximate surface area is 84.3 Å². The maximum Gasteiger partial charge on any atom is 0.0964 e. The quantitative estimate of drug-likeness (QED) is 0.720. The third-order valence-corrected chi connectivity index (χ3v) is 4.00. The molecular weight excluding hydrogens is 200 g/mol. The van der Waals surface area contributed by atoms with Crippen molar-refractivity contribution in [1.82, 2.24) is 4.98 Å². The SMILES string of the molecule is c1nc2c(s1)CCNc1ccsc1-2. The first kappa shape index (κ1) is 7.53. The summed E-state index contributed by atoms with van der Waals surface area (Å²) in [4.78, 5) is 7.13. The van der Waals surface area contributed by atoms with Crippen molar-refractivity contribution in [3.05, 3.63) is 21.8 Å². The molecule has 2 aromatic rings. The van der Waals surface area contributed by atoms with E-state index in [4.69, 9.17) is 0 Å². The fourth-order valence-corrected chi connectivity index (χ4v) is 3.31. The van der Waals surface area contributed by atoms with Gasteiger partial charge in [0.1, 0.15) is 0 Å². The van der Waals surface area contributed by atoms with Crippen molar-refractivity contribution in [2.45, 2.75) is 6.42 Å². The molecule has 0 radical (unpaired) electrons. The van der Waals surface area contributed by atoms with Gasteiger partial charge < -0.3 is 5.32 Å². The molecule has 0 aliphatic carbocycles. The van der Waals surface area contributed by atoms with Gasteiger partial charge in [0.15, 0.2) is 0 Å². The molecule has 66 valence electrons. The van der Waals surface area contributed by atoms with Gasteiger partial charge in [0.05, 0.1) is 21.8 Å². The number of nitrogens with one attached hydrogen (secondary N) is 1. The van der Waals surface area contributed by atoms with Gasteiger partial charge in [0.2, 0.25) is 0 Å². The molecule has 1 aliphatic heterocycles. The van der Waals surface area contributed by atoms with E-state index in [1.54, 1.807) is 22.7 Å². The van der Waals surface area contributed by atoms with E-state index >= 15 is 0 Å². The number of fused-ring (bicyclic) bond motifs is 3. The van der Waals surface area contributed by atoms with E-state index in [-0.39, 0.29) is 0 Å². The zero-order valence-electron chi connectivity index (χ0n) is 6.91. The van der Waals surface area contributed by atoms with Crippen LogP contribution in [0, 0.1) is 0 Å². The second-order valence-electron chi connectivity index (χ2n) is 2.96. The van der Waals surface area contributed by atoms with Crippen molar-refractivity contribution in [2.24, 2.45) is 0 Å². The number of rotatable bonds is 0. The van der Waals surface area contributed by atoms with Crippen LogP contribution in [-0.2, 0) is 6.42 Å². The van der Waals surface area contributed by atoms with E-state index in [1.807, 2.05) is 5.51 Å². The van der Waals surface area contributed by atoms with Crippen LogP contribution in [0.25, 0.3) is 10.6 Å². The van der Waals surface area contributed by atoms with Gasteiger partial charge in [-0.2, -0.15) is 0 Å². The summed E-state index contributed by atoms with van der Waals surface area (Å²) in [7, 11) is 0. The van der Waals surface area contributed by atoms with Gasteiger partial charge in [-0.05, 0) is 11.4 Å². The summed E-state index contributed by atoms with van der Waals surface area (Å²) >= 11 is 3.53. The van der Waals surface area contributed by atoms with Crippen molar-refractivity contribution in [2.75, 3.05) is 11.9 Å². The fourth-order valence-electron chi connectivity index (χ4n) is 1.58. The molecule has 0 fully saturated rings. The minimum Gasteiger partial charge on any atom is -0.383 e. The smallest absolute Gasteiger partial charge is 0.0964 e. The van der Waals surface area contributed by atoms with E-state index in [0.717, 1.165) is 13.0 Å². The summed E-state index contributed by atoms with van der Waals surface area (Å²) in [6, 6.07) is 2.13. The number of aromatic nitrogens is 1.